The number of thioether (sulfide) groups is 1. The smallest absolute Gasteiger partial charge is 0.352 e. The molecule has 0 saturated carbocycles. The molecule has 6 heterocycles. The number of nitrogens with zero attached hydrogens (tertiary/aromatic N) is 4. The molecular weight excluding hydrogens is 845 g/mol. The third-order valence-electron chi connectivity index (χ3n) is 11.9. The Kier molecular flexibility index (Phi) is 11.9. The van der Waals surface area contributed by atoms with Gasteiger partial charge in [0.15, 0.2) is 24.0 Å². The van der Waals surface area contributed by atoms with E-state index in [2.05, 4.69) is 9.97 Å². The topological polar surface area (TPSA) is 216 Å². The fourth-order valence-electron chi connectivity index (χ4n) is 9.28. The van der Waals surface area contributed by atoms with Gasteiger partial charge in [-0.2, -0.15) is 21.7 Å². The summed E-state index contributed by atoms with van der Waals surface area (Å²) >= 11 is 1.45. The summed E-state index contributed by atoms with van der Waals surface area (Å²) in [5.74, 6) is -0.596. The first kappa shape index (κ1) is 44.1. The van der Waals surface area contributed by atoms with E-state index in [-0.39, 0.29) is 30.6 Å². The maximum atomic E-state index is 14.1. The van der Waals surface area contributed by atoms with Crippen LogP contribution in [0, 0.1) is 0 Å². The van der Waals surface area contributed by atoms with Crippen LogP contribution in [0.25, 0.3) is 0 Å². The van der Waals surface area contributed by atoms with Crippen molar-refractivity contribution in [3.8, 4) is 5.75 Å². The molecule has 4 aliphatic rings. The van der Waals surface area contributed by atoms with E-state index >= 15 is 0 Å². The summed E-state index contributed by atoms with van der Waals surface area (Å²) in [6.07, 6.45) is -5.84. The van der Waals surface area contributed by atoms with E-state index in [0.29, 0.717) is 22.9 Å². The lowest BCUT2D eigenvalue weighted by atomic mass is 9.80. The summed E-state index contributed by atoms with van der Waals surface area (Å²) in [5, 5.41) is 10.1. The summed E-state index contributed by atoms with van der Waals surface area (Å²) < 4.78 is 53.6. The Balaban J connectivity index is 1.02. The number of nitrogens with two attached hydrogens (primary N) is 2. The lowest BCUT2D eigenvalue weighted by Crippen LogP contribution is -2.38. The Bertz CT molecular complexity index is 2540. The molecule has 0 amide bonds. The Morgan fingerprint density at radius 3 is 1.69 bits per heavy atom. The van der Waals surface area contributed by atoms with E-state index in [0.717, 1.165) is 16.7 Å². The first-order chi connectivity index (χ1) is 30.7. The van der Waals surface area contributed by atoms with E-state index in [1.165, 1.54) is 20.9 Å². The molecule has 338 valence electrons. The normalized spacial score (nSPS) is 26.8. The SMILES string of the molecule is COc1ccc(C(OCc2cc(N)nc(=O)n2[C@@H]2O[C@H](CSCc3cc(N)nc(=O)n3[C@@H]3O[C@H](CO)[C@H]4OC(C)(C)O[C@H]43)[C@H]3OC(C)(C)O[C@H]32)(c2ccccc2)c2ccccc2)cc1. The quantitative estimate of drug-likeness (QED) is 0.133. The van der Waals surface area contributed by atoms with Gasteiger partial charge in [0.1, 0.15) is 53.5 Å². The Labute approximate surface area is 373 Å². The molecule has 17 nitrogen and oxygen atoms in total. The molecule has 0 radical (unpaired) electrons. The van der Waals surface area contributed by atoms with Crippen LogP contribution in [0.5, 0.6) is 5.75 Å². The molecular formula is C46H52N6O11S. The Hall–Kier alpha value is -5.15. The number of rotatable bonds is 14. The van der Waals surface area contributed by atoms with Crippen molar-refractivity contribution in [3.05, 3.63) is 146 Å². The van der Waals surface area contributed by atoms with Crippen molar-refractivity contribution in [3.63, 3.8) is 0 Å². The maximum Gasteiger partial charge on any atom is 0.352 e. The molecule has 4 aliphatic heterocycles. The van der Waals surface area contributed by atoms with Crippen LogP contribution in [0.3, 0.4) is 0 Å². The fourth-order valence-corrected chi connectivity index (χ4v) is 10.3. The van der Waals surface area contributed by atoms with Gasteiger partial charge in [-0.25, -0.2) is 9.59 Å². The van der Waals surface area contributed by atoms with Crippen molar-refractivity contribution < 1.29 is 43.0 Å². The number of methoxy groups -OCH3 is 1. The van der Waals surface area contributed by atoms with Crippen LogP contribution in [0.1, 0.15) is 68.2 Å². The molecule has 0 bridgehead atoms. The van der Waals surface area contributed by atoms with Gasteiger partial charge in [0.05, 0.1) is 32.1 Å². The van der Waals surface area contributed by atoms with E-state index in [1.807, 2.05) is 98.8 Å². The first-order valence-corrected chi connectivity index (χ1v) is 22.2. The highest BCUT2D eigenvalue weighted by molar-refractivity contribution is 7.98. The highest BCUT2D eigenvalue weighted by Crippen LogP contribution is 2.47. The number of benzene rings is 3. The average Bonchev–Trinajstić information content (AvgIpc) is 3.97. The number of fused-ring (bicyclic) bond motifs is 2. The molecule has 0 aliphatic carbocycles. The molecule has 0 spiro atoms. The monoisotopic (exact) mass is 896 g/mol. The standard InChI is InChI=1S/C46H52N6O11S/c1-44(2)60-36-32(22-53)58-41(38(36)62-44)52-30(21-35(48)50-43(52)55)24-64-25-33-37-39(63-45(3,4)61-37)40(59-33)51-29(20-34(47)49-42(51)54)23-57-46(26-12-8-6-9-13-26,27-14-10-7-11-15-27)28-16-18-31(56-5)19-17-28/h6-21,32-33,36-41,53H,22-25H2,1-5H3,(H2,47,49,54)(H2,48,50,55)/t32-,33-,36-,37-,38-,39-,40-,41-/m1/s1. The number of aliphatic hydroxyl groups is 1. The molecule has 0 unspecified atom stereocenters. The molecule has 9 rings (SSSR count). The molecule has 8 atom stereocenters. The van der Waals surface area contributed by atoms with Crippen molar-refractivity contribution in [2.45, 2.75) is 106 Å². The Morgan fingerprint density at radius 1 is 0.688 bits per heavy atom. The highest BCUT2D eigenvalue weighted by Gasteiger charge is 2.58. The van der Waals surface area contributed by atoms with E-state index < -0.39 is 77.6 Å². The van der Waals surface area contributed by atoms with Gasteiger partial charge in [-0.15, -0.1) is 0 Å². The zero-order valence-electron chi connectivity index (χ0n) is 36.1. The van der Waals surface area contributed by atoms with Crippen LogP contribution in [0.4, 0.5) is 11.6 Å². The second kappa shape index (κ2) is 17.3. The van der Waals surface area contributed by atoms with Gasteiger partial charge in [0.25, 0.3) is 0 Å². The van der Waals surface area contributed by atoms with Crippen LogP contribution in [0.15, 0.2) is 107 Å². The zero-order valence-corrected chi connectivity index (χ0v) is 36.9. The number of nitrogen functional groups attached to an aromatic ring is 2. The third-order valence-corrected chi connectivity index (χ3v) is 12.9. The summed E-state index contributed by atoms with van der Waals surface area (Å²) in [4.78, 5) is 35.8. The molecule has 5 aromatic rings. The maximum absolute atomic E-state index is 14.1. The number of anilines is 2. The van der Waals surface area contributed by atoms with E-state index in [1.54, 1.807) is 33.1 Å². The minimum Gasteiger partial charge on any atom is -0.497 e. The first-order valence-electron chi connectivity index (χ1n) is 21.1. The molecule has 4 fully saturated rings. The lowest BCUT2D eigenvalue weighted by molar-refractivity contribution is -0.200. The summed E-state index contributed by atoms with van der Waals surface area (Å²) in [7, 11) is 1.62. The van der Waals surface area contributed by atoms with E-state index in [4.69, 9.17) is 49.4 Å². The van der Waals surface area contributed by atoms with Crippen LogP contribution in [-0.2, 0) is 51.1 Å². The molecule has 2 aromatic heterocycles. The summed E-state index contributed by atoms with van der Waals surface area (Å²) in [5.41, 5.74) is 13.4. The molecule has 4 saturated heterocycles. The number of aromatic nitrogens is 4. The molecule has 18 heteroatoms. The number of ether oxygens (including phenoxy) is 8. The minimum absolute atomic E-state index is 0.0172. The number of hydrogen-bond donors (Lipinski definition) is 3. The van der Waals surface area contributed by atoms with Gasteiger partial charge >= 0.3 is 11.4 Å². The highest BCUT2D eigenvalue weighted by atomic mass is 32.2. The van der Waals surface area contributed by atoms with Crippen molar-refractivity contribution in [1.29, 1.82) is 0 Å². The van der Waals surface area contributed by atoms with Gasteiger partial charge in [-0.1, -0.05) is 72.8 Å². The van der Waals surface area contributed by atoms with Crippen molar-refractivity contribution in [1.82, 2.24) is 19.1 Å². The minimum atomic E-state index is -1.16. The van der Waals surface area contributed by atoms with Crippen molar-refractivity contribution in [2.75, 3.05) is 30.9 Å². The van der Waals surface area contributed by atoms with Gasteiger partial charge in [-0.05, 0) is 56.5 Å². The molecule has 64 heavy (non-hydrogen) atoms. The van der Waals surface area contributed by atoms with Gasteiger partial charge < -0.3 is 54.5 Å². The van der Waals surface area contributed by atoms with Crippen LogP contribution >= 0.6 is 11.8 Å². The fraction of sp³-hybridized carbons (Fsp3) is 0.435. The van der Waals surface area contributed by atoms with Gasteiger partial charge in [0, 0.05) is 29.3 Å². The van der Waals surface area contributed by atoms with Crippen molar-refractivity contribution in [2.24, 2.45) is 0 Å². The number of aliphatic hydroxyl groups excluding tert-OH is 1. The Morgan fingerprint density at radius 2 is 1.16 bits per heavy atom. The zero-order chi connectivity index (χ0) is 45.0. The second-order valence-electron chi connectivity index (χ2n) is 17.0. The van der Waals surface area contributed by atoms with Gasteiger partial charge in [0.2, 0.25) is 0 Å². The molecule has 3 aromatic carbocycles. The van der Waals surface area contributed by atoms with Crippen LogP contribution in [-0.4, -0.2) is 91.9 Å². The van der Waals surface area contributed by atoms with Crippen molar-refractivity contribution >= 4 is 23.4 Å². The number of hydrogen-bond acceptors (Lipinski definition) is 16. The lowest BCUT2D eigenvalue weighted by Gasteiger charge is -2.36. The summed E-state index contributed by atoms with van der Waals surface area (Å²) in [6.45, 7) is 6.73. The largest absolute Gasteiger partial charge is 0.497 e. The second-order valence-corrected chi connectivity index (χ2v) is 18.1. The average molecular weight is 897 g/mol. The molecule has 5 N–H and O–H groups in total. The third kappa shape index (κ3) is 8.22. The predicted octanol–water partition coefficient (Wildman–Crippen LogP) is 4.24. The van der Waals surface area contributed by atoms with E-state index in [9.17, 15) is 14.7 Å². The van der Waals surface area contributed by atoms with Crippen LogP contribution < -0.4 is 27.6 Å². The van der Waals surface area contributed by atoms with Gasteiger partial charge in [-0.3, -0.25) is 9.13 Å². The summed E-state index contributed by atoms with van der Waals surface area (Å²) in [6, 6.07) is 30.7. The van der Waals surface area contributed by atoms with Crippen LogP contribution in [0.2, 0.25) is 0 Å². The predicted molar refractivity (Wildman–Crippen MR) is 235 cm³/mol.